The van der Waals surface area contributed by atoms with Crippen molar-refractivity contribution in [1.82, 2.24) is 14.1 Å². The lowest BCUT2D eigenvalue weighted by Gasteiger charge is -2.16. The minimum Gasteiger partial charge on any atom is -0.378 e. The van der Waals surface area contributed by atoms with Crippen molar-refractivity contribution in [1.29, 1.82) is 0 Å². The first kappa shape index (κ1) is 15.1. The molecule has 1 heterocycles. The third kappa shape index (κ3) is 4.75. The topological polar surface area (TPSA) is 64.4 Å². The summed E-state index contributed by atoms with van der Waals surface area (Å²) < 4.78 is 32.1. The highest BCUT2D eigenvalue weighted by molar-refractivity contribution is 7.89. The van der Waals surface area contributed by atoms with Gasteiger partial charge >= 0.3 is 0 Å². The lowest BCUT2D eigenvalue weighted by atomic mass is 10.4. The molecule has 0 unspecified atom stereocenters. The van der Waals surface area contributed by atoms with Crippen molar-refractivity contribution in [3.63, 3.8) is 0 Å². The highest BCUT2D eigenvalue weighted by atomic mass is 32.2. The fourth-order valence-corrected chi connectivity index (χ4v) is 2.42. The van der Waals surface area contributed by atoms with Crippen LogP contribution >= 0.6 is 0 Å². The van der Waals surface area contributed by atoms with Crippen molar-refractivity contribution in [3.8, 4) is 0 Å². The average Bonchev–Trinajstić information content (AvgIpc) is 2.63. The molecule has 0 N–H and O–H groups in total. The summed E-state index contributed by atoms with van der Waals surface area (Å²) in [5.74, 6) is 0.00193. The molecule has 0 spiro atoms. The molecule has 1 aromatic heterocycles. The summed E-state index contributed by atoms with van der Waals surface area (Å²) in [6.07, 6.45) is 3.51. The first-order valence-corrected chi connectivity index (χ1v) is 7.45. The van der Waals surface area contributed by atoms with Crippen LogP contribution in [0.5, 0.6) is 0 Å². The fraction of sp³-hybridized carbons (Fsp3) is 0.727. The Morgan fingerprint density at radius 2 is 2.17 bits per heavy atom. The van der Waals surface area contributed by atoms with Gasteiger partial charge in [0.15, 0.2) is 0 Å². The van der Waals surface area contributed by atoms with Gasteiger partial charge in [0.1, 0.15) is 0 Å². The molecular weight excluding hydrogens is 254 g/mol. The monoisotopic (exact) mass is 275 g/mol. The maximum atomic E-state index is 11.9. The molecule has 0 atom stereocenters. The quantitative estimate of drug-likeness (QED) is 0.731. The van der Waals surface area contributed by atoms with Crippen LogP contribution in [0.15, 0.2) is 12.4 Å². The summed E-state index contributed by atoms with van der Waals surface area (Å²) >= 11 is 0. The predicted octanol–water partition coefficient (Wildman–Crippen LogP) is 0.607. The Morgan fingerprint density at radius 1 is 1.50 bits per heavy atom. The van der Waals surface area contributed by atoms with E-state index in [0.29, 0.717) is 6.54 Å². The van der Waals surface area contributed by atoms with Crippen LogP contribution in [-0.4, -0.2) is 48.0 Å². The smallest absolute Gasteiger partial charge is 0.216 e. The Hall–Kier alpha value is -0.920. The van der Waals surface area contributed by atoms with Gasteiger partial charge in [-0.05, 0) is 13.8 Å². The number of aryl methyl sites for hydroxylation is 1. The third-order valence-electron chi connectivity index (χ3n) is 2.43. The Morgan fingerprint density at radius 3 is 2.67 bits per heavy atom. The van der Waals surface area contributed by atoms with Crippen LogP contribution in [0.2, 0.25) is 0 Å². The Labute approximate surface area is 109 Å². The van der Waals surface area contributed by atoms with Gasteiger partial charge in [0.2, 0.25) is 10.0 Å². The number of hydrogen-bond acceptors (Lipinski definition) is 4. The van der Waals surface area contributed by atoms with Crippen molar-refractivity contribution in [2.45, 2.75) is 26.5 Å². The Balaban J connectivity index is 2.51. The minimum absolute atomic E-state index is 0.00193. The standard InChI is InChI=1S/C11H21N3O3S/c1-10(2)17-5-6-18(15,16)14(4)9-11-7-12-13(3)8-11/h7-8,10H,5-6,9H2,1-4H3. The van der Waals surface area contributed by atoms with Gasteiger partial charge < -0.3 is 4.74 Å². The highest BCUT2D eigenvalue weighted by Gasteiger charge is 2.18. The molecule has 0 fully saturated rings. The minimum atomic E-state index is -3.27. The van der Waals surface area contributed by atoms with Crippen LogP contribution in [0.1, 0.15) is 19.4 Å². The summed E-state index contributed by atoms with van der Waals surface area (Å²) in [4.78, 5) is 0. The Bertz CT molecular complexity index is 468. The molecule has 6 nitrogen and oxygen atoms in total. The number of nitrogens with zero attached hydrogens (tertiary/aromatic N) is 3. The number of rotatable bonds is 7. The van der Waals surface area contributed by atoms with E-state index in [1.54, 1.807) is 31.2 Å². The zero-order valence-corrected chi connectivity index (χ0v) is 12.1. The molecule has 7 heteroatoms. The largest absolute Gasteiger partial charge is 0.378 e. The van der Waals surface area contributed by atoms with Crippen molar-refractivity contribution >= 4 is 10.0 Å². The predicted molar refractivity (Wildman–Crippen MR) is 69.5 cm³/mol. The van der Waals surface area contributed by atoms with Crippen molar-refractivity contribution in [2.24, 2.45) is 7.05 Å². The van der Waals surface area contributed by atoms with E-state index in [9.17, 15) is 8.42 Å². The fourth-order valence-electron chi connectivity index (χ4n) is 1.45. The van der Waals surface area contributed by atoms with E-state index >= 15 is 0 Å². The van der Waals surface area contributed by atoms with Crippen LogP contribution in [0.25, 0.3) is 0 Å². The van der Waals surface area contributed by atoms with Crippen LogP contribution in [-0.2, 0) is 28.4 Å². The van der Waals surface area contributed by atoms with E-state index < -0.39 is 10.0 Å². The molecule has 18 heavy (non-hydrogen) atoms. The Kier molecular flexibility index (Phi) is 5.30. The zero-order chi connectivity index (χ0) is 13.8. The van der Waals surface area contributed by atoms with Crippen LogP contribution in [0, 0.1) is 0 Å². The lowest BCUT2D eigenvalue weighted by molar-refractivity contribution is 0.0907. The maximum Gasteiger partial charge on any atom is 0.216 e. The average molecular weight is 275 g/mol. The normalized spacial score (nSPS) is 12.6. The van der Waals surface area contributed by atoms with E-state index in [4.69, 9.17) is 4.74 Å². The van der Waals surface area contributed by atoms with Gasteiger partial charge in [0, 0.05) is 32.4 Å². The van der Waals surface area contributed by atoms with Crippen molar-refractivity contribution in [3.05, 3.63) is 18.0 Å². The molecule has 1 aromatic rings. The van der Waals surface area contributed by atoms with Gasteiger partial charge in [-0.1, -0.05) is 0 Å². The van der Waals surface area contributed by atoms with Gasteiger partial charge in [-0.2, -0.15) is 5.10 Å². The number of ether oxygens (including phenoxy) is 1. The molecule has 0 saturated carbocycles. The summed E-state index contributed by atoms with van der Waals surface area (Å²) in [6, 6.07) is 0. The van der Waals surface area contributed by atoms with Crippen molar-refractivity contribution < 1.29 is 13.2 Å². The van der Waals surface area contributed by atoms with Gasteiger partial charge in [0.25, 0.3) is 0 Å². The van der Waals surface area contributed by atoms with Crippen molar-refractivity contribution in [2.75, 3.05) is 19.4 Å². The zero-order valence-electron chi connectivity index (χ0n) is 11.3. The van der Waals surface area contributed by atoms with Gasteiger partial charge in [0.05, 0.1) is 24.7 Å². The number of hydrogen-bond donors (Lipinski definition) is 0. The highest BCUT2D eigenvalue weighted by Crippen LogP contribution is 2.07. The van der Waals surface area contributed by atoms with E-state index in [2.05, 4.69) is 5.10 Å². The molecule has 0 saturated heterocycles. The first-order valence-electron chi connectivity index (χ1n) is 5.84. The summed E-state index contributed by atoms with van der Waals surface area (Å²) in [6.45, 7) is 4.31. The van der Waals surface area contributed by atoms with Crippen LogP contribution < -0.4 is 0 Å². The SMILES string of the molecule is CC(C)OCCS(=O)(=O)N(C)Cc1cnn(C)c1. The molecule has 1 rings (SSSR count). The van der Waals surface area contributed by atoms with Gasteiger partial charge in [-0.25, -0.2) is 12.7 Å². The molecule has 0 aromatic carbocycles. The van der Waals surface area contributed by atoms with Gasteiger partial charge in [-0.3, -0.25) is 4.68 Å². The van der Waals surface area contributed by atoms with E-state index in [1.165, 1.54) is 4.31 Å². The molecule has 0 bridgehead atoms. The molecular formula is C11H21N3O3S. The molecule has 104 valence electrons. The van der Waals surface area contributed by atoms with E-state index in [-0.39, 0.29) is 18.5 Å². The first-order chi connectivity index (χ1) is 8.31. The second-order valence-corrected chi connectivity index (χ2v) is 6.71. The second-order valence-electron chi connectivity index (χ2n) is 4.51. The summed E-state index contributed by atoms with van der Waals surface area (Å²) in [7, 11) is 0.0937. The number of sulfonamides is 1. The van der Waals surface area contributed by atoms with Crippen LogP contribution in [0.4, 0.5) is 0 Å². The van der Waals surface area contributed by atoms with Crippen LogP contribution in [0.3, 0.4) is 0 Å². The molecule has 0 aliphatic rings. The number of aromatic nitrogens is 2. The van der Waals surface area contributed by atoms with Gasteiger partial charge in [-0.15, -0.1) is 0 Å². The maximum absolute atomic E-state index is 11.9. The third-order valence-corrected chi connectivity index (χ3v) is 4.19. The second kappa shape index (κ2) is 6.31. The lowest BCUT2D eigenvalue weighted by Crippen LogP contribution is -2.30. The summed E-state index contributed by atoms with van der Waals surface area (Å²) in [5.41, 5.74) is 0.869. The molecule has 0 aliphatic heterocycles. The molecule has 0 amide bonds. The summed E-state index contributed by atoms with van der Waals surface area (Å²) in [5, 5.41) is 4.01. The molecule has 0 radical (unpaired) electrons. The van der Waals surface area contributed by atoms with E-state index in [0.717, 1.165) is 5.56 Å². The van der Waals surface area contributed by atoms with E-state index in [1.807, 2.05) is 13.8 Å². The molecule has 0 aliphatic carbocycles.